The Hall–Kier alpha value is -0.990. The highest BCUT2D eigenvalue weighted by molar-refractivity contribution is 5.88. The fourth-order valence-corrected chi connectivity index (χ4v) is 2.00. The first kappa shape index (κ1) is 12.1. The summed E-state index contributed by atoms with van der Waals surface area (Å²) in [6.45, 7) is 6.01. The molecule has 0 saturated carbocycles. The zero-order valence-corrected chi connectivity index (χ0v) is 10.0. The summed E-state index contributed by atoms with van der Waals surface area (Å²) in [5.41, 5.74) is 0.625. The van der Waals surface area contributed by atoms with Gasteiger partial charge < -0.3 is 9.47 Å². The van der Waals surface area contributed by atoms with E-state index in [-0.39, 0.29) is 12.1 Å². The molecule has 1 saturated heterocycles. The molecule has 0 spiro atoms. The summed E-state index contributed by atoms with van der Waals surface area (Å²) < 4.78 is 10.5. The van der Waals surface area contributed by atoms with Crippen molar-refractivity contribution in [1.82, 2.24) is 0 Å². The molecular formula is C12H20O3. The molecule has 86 valence electrons. The van der Waals surface area contributed by atoms with Crippen LogP contribution in [0.5, 0.6) is 0 Å². The third-order valence-electron chi connectivity index (χ3n) is 3.02. The van der Waals surface area contributed by atoms with Crippen LogP contribution < -0.4 is 0 Å². The monoisotopic (exact) mass is 212 g/mol. The number of hydrogen-bond acceptors (Lipinski definition) is 3. The lowest BCUT2D eigenvalue weighted by Crippen LogP contribution is -2.08. The quantitative estimate of drug-likeness (QED) is 0.533. The number of carbonyl (C=O) groups is 1. The van der Waals surface area contributed by atoms with Crippen LogP contribution in [0.2, 0.25) is 0 Å². The van der Waals surface area contributed by atoms with E-state index in [1.54, 1.807) is 6.92 Å². The molecule has 15 heavy (non-hydrogen) atoms. The lowest BCUT2D eigenvalue weighted by Gasteiger charge is -2.11. The highest BCUT2D eigenvalue weighted by atomic mass is 16.5. The average molecular weight is 212 g/mol. The van der Waals surface area contributed by atoms with Crippen LogP contribution in [0.1, 0.15) is 40.0 Å². The molecule has 0 amide bonds. The van der Waals surface area contributed by atoms with Gasteiger partial charge in [0, 0.05) is 5.92 Å². The van der Waals surface area contributed by atoms with E-state index >= 15 is 0 Å². The zero-order chi connectivity index (χ0) is 11.4. The third kappa shape index (κ3) is 2.52. The zero-order valence-electron chi connectivity index (χ0n) is 10.0. The highest BCUT2D eigenvalue weighted by Crippen LogP contribution is 2.35. The normalized spacial score (nSPS) is 28.5. The minimum absolute atomic E-state index is 0.268. The van der Waals surface area contributed by atoms with Gasteiger partial charge in [-0.1, -0.05) is 13.8 Å². The number of esters is 1. The molecule has 3 nitrogen and oxygen atoms in total. The first-order valence-electron chi connectivity index (χ1n) is 5.59. The molecule has 0 aromatic rings. The van der Waals surface area contributed by atoms with Crippen LogP contribution in [0.25, 0.3) is 0 Å². The molecule has 0 aliphatic carbocycles. The summed E-state index contributed by atoms with van der Waals surface area (Å²) in [6, 6.07) is 0. The van der Waals surface area contributed by atoms with Gasteiger partial charge in [0.1, 0.15) is 5.76 Å². The molecule has 2 atom stereocenters. The number of methoxy groups -OCH3 is 1. The van der Waals surface area contributed by atoms with Crippen LogP contribution in [-0.4, -0.2) is 19.2 Å². The van der Waals surface area contributed by atoms with Gasteiger partial charge in [-0.15, -0.1) is 0 Å². The van der Waals surface area contributed by atoms with Crippen molar-refractivity contribution in [3.8, 4) is 0 Å². The van der Waals surface area contributed by atoms with E-state index in [9.17, 15) is 4.79 Å². The van der Waals surface area contributed by atoms with E-state index in [1.807, 2.05) is 0 Å². The van der Waals surface area contributed by atoms with E-state index in [2.05, 4.69) is 13.8 Å². The summed E-state index contributed by atoms with van der Waals surface area (Å²) in [5, 5.41) is 0. The first-order valence-corrected chi connectivity index (χ1v) is 5.59. The Kier molecular flexibility index (Phi) is 4.18. The second-order valence-electron chi connectivity index (χ2n) is 3.97. The summed E-state index contributed by atoms with van der Waals surface area (Å²) in [7, 11) is 1.40. The van der Waals surface area contributed by atoms with Gasteiger partial charge in [-0.05, 0) is 26.2 Å². The Bertz CT molecular complexity index is 268. The van der Waals surface area contributed by atoms with Gasteiger partial charge in [-0.3, -0.25) is 0 Å². The lowest BCUT2D eigenvalue weighted by atomic mass is 9.97. The smallest absolute Gasteiger partial charge is 0.336 e. The molecule has 1 rings (SSSR count). The highest BCUT2D eigenvalue weighted by Gasteiger charge is 2.31. The largest absolute Gasteiger partial charge is 0.494 e. The fraction of sp³-hybridized carbons (Fsp3) is 0.750. The molecular weight excluding hydrogens is 192 g/mol. The van der Waals surface area contributed by atoms with Crippen molar-refractivity contribution in [2.75, 3.05) is 7.11 Å². The maximum absolute atomic E-state index is 11.4. The van der Waals surface area contributed by atoms with Crippen molar-refractivity contribution in [1.29, 1.82) is 0 Å². The van der Waals surface area contributed by atoms with Crippen molar-refractivity contribution >= 4 is 5.97 Å². The van der Waals surface area contributed by atoms with E-state index in [1.165, 1.54) is 7.11 Å². The predicted octanol–water partition coefficient (Wildman–Crippen LogP) is 2.66. The topological polar surface area (TPSA) is 35.5 Å². The second-order valence-corrected chi connectivity index (χ2v) is 3.97. The molecule has 1 aliphatic rings. The summed E-state index contributed by atoms with van der Waals surface area (Å²) in [6.07, 6.45) is 3.30. The Morgan fingerprint density at radius 3 is 2.60 bits per heavy atom. The number of carbonyl (C=O) groups excluding carboxylic acids is 1. The summed E-state index contributed by atoms with van der Waals surface area (Å²) >= 11 is 0. The molecule has 0 unspecified atom stereocenters. The molecule has 1 aliphatic heterocycles. The minimum atomic E-state index is -0.278. The Morgan fingerprint density at radius 2 is 2.13 bits per heavy atom. The van der Waals surface area contributed by atoms with E-state index < -0.39 is 0 Å². The van der Waals surface area contributed by atoms with Crippen molar-refractivity contribution < 1.29 is 14.3 Å². The molecule has 0 radical (unpaired) electrons. The van der Waals surface area contributed by atoms with Crippen LogP contribution in [0.15, 0.2) is 11.3 Å². The molecule has 0 N–H and O–H groups in total. The van der Waals surface area contributed by atoms with Crippen LogP contribution in [0.4, 0.5) is 0 Å². The maximum atomic E-state index is 11.4. The maximum Gasteiger partial charge on any atom is 0.336 e. The van der Waals surface area contributed by atoms with E-state index in [0.29, 0.717) is 11.5 Å². The average Bonchev–Trinajstić information content (AvgIpc) is 2.69. The minimum Gasteiger partial charge on any atom is -0.494 e. The van der Waals surface area contributed by atoms with Crippen LogP contribution >= 0.6 is 0 Å². The number of allylic oxidation sites excluding steroid dienone is 1. The Morgan fingerprint density at radius 1 is 1.47 bits per heavy atom. The van der Waals surface area contributed by atoms with Crippen LogP contribution in [0.3, 0.4) is 0 Å². The Labute approximate surface area is 91.4 Å². The lowest BCUT2D eigenvalue weighted by molar-refractivity contribution is -0.136. The number of rotatable bonds is 3. The van der Waals surface area contributed by atoms with Gasteiger partial charge >= 0.3 is 5.97 Å². The van der Waals surface area contributed by atoms with Crippen molar-refractivity contribution in [2.24, 2.45) is 5.92 Å². The molecule has 0 aromatic carbocycles. The SMILES string of the molecule is CC[C@H]1C[C@@H](CC)/C(=C(\C)C(=O)OC)O1. The number of hydrogen-bond donors (Lipinski definition) is 0. The van der Waals surface area contributed by atoms with Gasteiger partial charge in [0.25, 0.3) is 0 Å². The molecule has 1 heterocycles. The van der Waals surface area contributed by atoms with Crippen LogP contribution in [-0.2, 0) is 14.3 Å². The van der Waals surface area contributed by atoms with Crippen molar-refractivity contribution in [2.45, 2.75) is 46.1 Å². The third-order valence-corrected chi connectivity index (χ3v) is 3.02. The van der Waals surface area contributed by atoms with Crippen molar-refractivity contribution in [3.05, 3.63) is 11.3 Å². The van der Waals surface area contributed by atoms with Gasteiger partial charge in [-0.25, -0.2) is 4.79 Å². The number of ether oxygens (including phenoxy) is 2. The van der Waals surface area contributed by atoms with Gasteiger partial charge in [0.15, 0.2) is 0 Å². The summed E-state index contributed by atoms with van der Waals surface area (Å²) in [5.74, 6) is 0.949. The summed E-state index contributed by atoms with van der Waals surface area (Å²) in [4.78, 5) is 11.4. The Balaban J connectivity index is 2.87. The van der Waals surface area contributed by atoms with E-state index in [4.69, 9.17) is 9.47 Å². The molecule has 3 heteroatoms. The fourth-order valence-electron chi connectivity index (χ4n) is 2.00. The van der Waals surface area contributed by atoms with Crippen molar-refractivity contribution in [3.63, 3.8) is 0 Å². The van der Waals surface area contributed by atoms with Gasteiger partial charge in [0.05, 0.1) is 18.8 Å². The molecule has 0 aromatic heterocycles. The molecule has 0 bridgehead atoms. The van der Waals surface area contributed by atoms with E-state index in [0.717, 1.165) is 25.0 Å². The van der Waals surface area contributed by atoms with Gasteiger partial charge in [-0.2, -0.15) is 0 Å². The van der Waals surface area contributed by atoms with Crippen LogP contribution in [0, 0.1) is 5.92 Å². The second kappa shape index (κ2) is 5.19. The van der Waals surface area contributed by atoms with Gasteiger partial charge in [0.2, 0.25) is 0 Å². The predicted molar refractivity (Wildman–Crippen MR) is 58.3 cm³/mol. The molecule has 1 fully saturated rings. The first-order chi connectivity index (χ1) is 7.13. The standard InChI is InChI=1S/C12H20O3/c1-5-9-7-10(6-2)15-11(9)8(3)12(13)14-4/h9-10H,5-7H2,1-4H3/b11-8-/t9-,10+/m1/s1.